The lowest BCUT2D eigenvalue weighted by atomic mass is 10.0. The molecule has 1 heterocycles. The van der Waals surface area contributed by atoms with Crippen molar-refractivity contribution in [1.29, 1.82) is 0 Å². The molecule has 1 fully saturated rings. The van der Waals surface area contributed by atoms with E-state index in [1.54, 1.807) is 0 Å². The average Bonchev–Trinajstić information content (AvgIpc) is 3.44. The molecule has 9 heteroatoms. The van der Waals surface area contributed by atoms with Gasteiger partial charge >= 0.3 is 11.9 Å². The summed E-state index contributed by atoms with van der Waals surface area (Å²) in [5.41, 5.74) is 0. The smallest absolute Gasteiger partial charge is 0.303 e. The molecule has 6 N–H and O–H groups in total. The molecule has 0 amide bonds. The monoisotopic (exact) mass is 1150 g/mol. The summed E-state index contributed by atoms with van der Waals surface area (Å²) >= 11 is 0. The highest BCUT2D eigenvalue weighted by Crippen LogP contribution is 2.18. The summed E-state index contributed by atoms with van der Waals surface area (Å²) < 4.78 is 5.88. The number of unbranched alkanes of at least 4 members (excludes halogenated alkanes) is 34. The van der Waals surface area contributed by atoms with Crippen LogP contribution in [0.3, 0.4) is 0 Å². The SMILES string of the molecule is CCCCCCC(O)CC=CCCCCCCCC(=O)O.CCCCCCCCC=CCC(O)CCCCCCO.CCCCCCCCC=CCCCCCCCCO.O=C(O)CCCCCCCC=CCC1CCCCCCO1. The Hall–Kier alpha value is -2.30. The van der Waals surface area contributed by atoms with Crippen LogP contribution in [-0.2, 0) is 14.3 Å². The van der Waals surface area contributed by atoms with Crippen LogP contribution in [0, 0.1) is 0 Å². The van der Waals surface area contributed by atoms with Gasteiger partial charge in [0.2, 0.25) is 0 Å². The van der Waals surface area contributed by atoms with Crippen LogP contribution in [0.2, 0.25) is 0 Å². The first-order valence-corrected chi connectivity index (χ1v) is 34.9. The van der Waals surface area contributed by atoms with E-state index in [0.717, 1.165) is 141 Å². The van der Waals surface area contributed by atoms with Gasteiger partial charge in [-0.1, -0.05) is 262 Å². The van der Waals surface area contributed by atoms with Crippen molar-refractivity contribution >= 4 is 11.9 Å². The molecule has 0 bridgehead atoms. The van der Waals surface area contributed by atoms with Crippen molar-refractivity contribution in [3.63, 3.8) is 0 Å². The number of aliphatic hydroxyl groups excluding tert-OH is 4. The van der Waals surface area contributed by atoms with Crippen LogP contribution in [0.5, 0.6) is 0 Å². The molecule has 0 aromatic heterocycles. The van der Waals surface area contributed by atoms with E-state index >= 15 is 0 Å². The molecule has 0 saturated carbocycles. The fourth-order valence-electron chi connectivity index (χ4n) is 9.88. The lowest BCUT2D eigenvalue weighted by molar-refractivity contribution is -0.138. The third-order valence-corrected chi connectivity index (χ3v) is 15.2. The van der Waals surface area contributed by atoms with E-state index in [2.05, 4.69) is 69.4 Å². The first-order chi connectivity index (χ1) is 39.7. The lowest BCUT2D eigenvalue weighted by Gasteiger charge is -2.19. The van der Waals surface area contributed by atoms with Crippen LogP contribution in [-0.4, -0.2) is 80.7 Å². The number of allylic oxidation sites excluding steroid dienone is 5. The zero-order chi connectivity index (χ0) is 59.8. The van der Waals surface area contributed by atoms with E-state index in [4.69, 9.17) is 25.2 Å². The molecule has 1 aliphatic rings. The molecule has 3 atom stereocenters. The van der Waals surface area contributed by atoms with Crippen LogP contribution in [0.25, 0.3) is 0 Å². The largest absolute Gasteiger partial charge is 0.481 e. The number of hydrogen-bond acceptors (Lipinski definition) is 7. The minimum absolute atomic E-state index is 0.172. The van der Waals surface area contributed by atoms with Gasteiger partial charge < -0.3 is 35.4 Å². The predicted octanol–water partition coefficient (Wildman–Crippen LogP) is 21.2. The van der Waals surface area contributed by atoms with Crippen LogP contribution < -0.4 is 0 Å². The van der Waals surface area contributed by atoms with Gasteiger partial charge in [-0.25, -0.2) is 0 Å². The third-order valence-electron chi connectivity index (χ3n) is 15.2. The lowest BCUT2D eigenvalue weighted by Crippen LogP contribution is -2.15. The highest BCUT2D eigenvalue weighted by atomic mass is 16.5. The molecule has 81 heavy (non-hydrogen) atoms. The normalized spacial score (nSPS) is 14.5. The van der Waals surface area contributed by atoms with Gasteiger partial charge in [-0.05, 0) is 135 Å². The Balaban J connectivity index is -0.00000100. The van der Waals surface area contributed by atoms with E-state index in [-0.39, 0.29) is 12.2 Å². The average molecular weight is 1150 g/mol. The van der Waals surface area contributed by atoms with Gasteiger partial charge in [-0.15, -0.1) is 0 Å². The molecule has 1 aliphatic heterocycles. The Morgan fingerprint density at radius 1 is 0.383 bits per heavy atom. The first kappa shape index (κ1) is 82.9. The van der Waals surface area contributed by atoms with Crippen LogP contribution in [0.15, 0.2) is 48.6 Å². The number of ether oxygens (including phenoxy) is 1. The van der Waals surface area contributed by atoms with Crippen molar-refractivity contribution in [2.45, 2.75) is 379 Å². The predicted molar refractivity (Wildman–Crippen MR) is 349 cm³/mol. The van der Waals surface area contributed by atoms with E-state index in [1.165, 1.54) is 193 Å². The molecular weight excluding hydrogens is 1010 g/mol. The van der Waals surface area contributed by atoms with Crippen LogP contribution in [0.4, 0.5) is 0 Å². The highest BCUT2D eigenvalue weighted by Gasteiger charge is 2.10. The summed E-state index contributed by atoms with van der Waals surface area (Å²) in [6, 6.07) is 0. The van der Waals surface area contributed by atoms with Gasteiger partial charge in [-0.2, -0.15) is 0 Å². The van der Waals surface area contributed by atoms with E-state index < -0.39 is 11.9 Å². The van der Waals surface area contributed by atoms with Gasteiger partial charge in [-0.3, -0.25) is 9.59 Å². The van der Waals surface area contributed by atoms with Gasteiger partial charge in [0.05, 0.1) is 18.3 Å². The molecule has 0 aromatic carbocycles. The summed E-state index contributed by atoms with van der Waals surface area (Å²) in [5.74, 6) is -1.36. The maximum atomic E-state index is 10.4. The van der Waals surface area contributed by atoms with Gasteiger partial charge in [0.1, 0.15) is 0 Å². The van der Waals surface area contributed by atoms with Gasteiger partial charge in [0.25, 0.3) is 0 Å². The molecular formula is C72H138O9. The summed E-state index contributed by atoms with van der Waals surface area (Å²) in [4.78, 5) is 20.7. The number of carboxylic acids is 2. The number of carbonyl (C=O) groups is 2. The van der Waals surface area contributed by atoms with E-state index in [9.17, 15) is 19.8 Å². The second-order valence-electron chi connectivity index (χ2n) is 23.5. The minimum atomic E-state index is -0.689. The second-order valence-corrected chi connectivity index (χ2v) is 23.5. The molecule has 9 nitrogen and oxygen atoms in total. The molecule has 480 valence electrons. The Bertz CT molecular complexity index is 1310. The van der Waals surface area contributed by atoms with Crippen molar-refractivity contribution in [2.24, 2.45) is 0 Å². The number of rotatable bonds is 55. The fraction of sp³-hybridized carbons (Fsp3) is 0.861. The van der Waals surface area contributed by atoms with Crippen molar-refractivity contribution in [3.05, 3.63) is 48.6 Å². The van der Waals surface area contributed by atoms with Crippen LogP contribution in [0.1, 0.15) is 361 Å². The Labute approximate surface area is 502 Å². The Kier molecular flexibility index (Phi) is 77.5. The summed E-state index contributed by atoms with van der Waals surface area (Å²) in [6.45, 7) is 8.32. The van der Waals surface area contributed by atoms with E-state index in [1.807, 2.05) is 0 Å². The molecule has 0 radical (unpaired) electrons. The fourth-order valence-corrected chi connectivity index (χ4v) is 9.88. The number of carboxylic acid groups (broad SMARTS) is 2. The quantitative estimate of drug-likeness (QED) is 0.0257. The number of aliphatic carboxylic acids is 2. The molecule has 0 aliphatic carbocycles. The molecule has 3 unspecified atom stereocenters. The maximum Gasteiger partial charge on any atom is 0.303 e. The van der Waals surface area contributed by atoms with Gasteiger partial charge in [0, 0.05) is 32.7 Å². The number of hydrogen-bond donors (Lipinski definition) is 6. The second kappa shape index (κ2) is 75.7. The van der Waals surface area contributed by atoms with E-state index in [0.29, 0.717) is 32.2 Å². The van der Waals surface area contributed by atoms with Crippen LogP contribution >= 0.6 is 0 Å². The van der Waals surface area contributed by atoms with Crippen molar-refractivity contribution in [2.75, 3.05) is 19.8 Å². The summed E-state index contributed by atoms with van der Waals surface area (Å²) in [5, 5.41) is 54.0. The molecule has 0 aromatic rings. The Morgan fingerprint density at radius 2 is 0.691 bits per heavy atom. The van der Waals surface area contributed by atoms with Crippen molar-refractivity contribution in [1.82, 2.24) is 0 Å². The summed E-state index contributed by atoms with van der Waals surface area (Å²) in [7, 11) is 0. The zero-order valence-corrected chi connectivity index (χ0v) is 53.9. The Morgan fingerprint density at radius 3 is 1.07 bits per heavy atom. The first-order valence-electron chi connectivity index (χ1n) is 34.9. The topological polar surface area (TPSA) is 165 Å². The molecule has 1 saturated heterocycles. The number of aliphatic hydroxyl groups is 4. The standard InChI is InChI=1S/C18H32O3.C18H34O3.C18H36O2.C18H36O/c19-18(20)15-11-6-4-2-1-3-5-9-13-17-14-10-7-8-12-16-21-17;1-2-3-4-11-14-17(19)15-12-9-7-5-6-8-10-13-16-18(20)21;1-2-3-4-5-6-7-8-9-12-15-18(20)16-13-10-11-14-17-19;1-2-3-4-5-6-7-8-9-10-11-12-13-14-15-16-17-18-19/h5,9,17H,1-4,6-8,10-16H2,(H,19,20);9,12,17,19H,2-8,10-11,13-16H2,1H3,(H,20,21);9,12,18-20H,2-8,10-11,13-17H2,1H3;9-10,19H,2-8,11-18H2,1H3. The van der Waals surface area contributed by atoms with Crippen molar-refractivity contribution < 1.29 is 45.0 Å². The van der Waals surface area contributed by atoms with Gasteiger partial charge in [0.15, 0.2) is 0 Å². The molecule has 0 spiro atoms. The zero-order valence-electron chi connectivity index (χ0n) is 53.9. The third kappa shape index (κ3) is 82.0. The highest BCUT2D eigenvalue weighted by molar-refractivity contribution is 5.66. The minimum Gasteiger partial charge on any atom is -0.481 e. The molecule has 1 rings (SSSR count). The van der Waals surface area contributed by atoms with Crippen molar-refractivity contribution in [3.8, 4) is 0 Å². The maximum absolute atomic E-state index is 10.4. The summed E-state index contributed by atoms with van der Waals surface area (Å²) in [6.07, 6.45) is 79.3.